The van der Waals surface area contributed by atoms with E-state index in [4.69, 9.17) is 16.3 Å². The van der Waals surface area contributed by atoms with Gasteiger partial charge in [0.2, 0.25) is 24.2 Å². The summed E-state index contributed by atoms with van der Waals surface area (Å²) < 4.78 is 85.9. The first-order valence-corrected chi connectivity index (χ1v) is 14.8. The number of aryl methyl sites for hydroxylation is 1. The lowest BCUT2D eigenvalue weighted by molar-refractivity contribution is -0.192. The SMILES string of the molecule is Cn1c(Nc2cc(CNC(=O)C3(C(F)(F)F)CC3)ccc2Cl)nc2cc(C(=O)N[C@H]3CC[C@H](C(F)F)CC3)c(OCCF)nc21. The van der Waals surface area contributed by atoms with Crippen molar-refractivity contribution in [3.05, 3.63) is 40.4 Å². The molecule has 0 bridgehead atoms. The summed E-state index contributed by atoms with van der Waals surface area (Å²) in [5, 5.41) is 8.49. The summed E-state index contributed by atoms with van der Waals surface area (Å²) in [6.45, 7) is -1.35. The third kappa shape index (κ3) is 6.92. The number of aromatic nitrogens is 3. The van der Waals surface area contributed by atoms with Crippen molar-refractivity contribution in [3.63, 3.8) is 0 Å². The molecular weight excluding hydrogens is 630 g/mol. The van der Waals surface area contributed by atoms with Gasteiger partial charge in [0.05, 0.1) is 10.7 Å². The molecule has 5 rings (SSSR count). The third-order valence-corrected chi connectivity index (χ3v) is 8.62. The van der Waals surface area contributed by atoms with Crippen LogP contribution in [0, 0.1) is 11.3 Å². The van der Waals surface area contributed by atoms with Crippen LogP contribution in [0.3, 0.4) is 0 Å². The smallest absolute Gasteiger partial charge is 0.403 e. The van der Waals surface area contributed by atoms with Crippen molar-refractivity contribution in [2.75, 3.05) is 18.6 Å². The standard InChI is InChI=1S/C29H31ClF6N6O3/c1-42-23-21(13-18(25(41-23)45-11-10-31)24(43)38-17-5-3-16(4-6-17)22(32)33)40-27(42)39-20-12-15(2-7-19(20)30)14-37-26(44)28(8-9-28)29(34,35)36/h2,7,12-13,16-17,22H,3-6,8-11,14H2,1H3,(H,37,44)(H,38,43)(H,39,40)/t16-,17-. The minimum absolute atomic E-state index is 0.000328. The Bertz CT molecular complexity index is 1570. The Morgan fingerprint density at radius 2 is 1.84 bits per heavy atom. The second-order valence-electron chi connectivity index (χ2n) is 11.3. The van der Waals surface area contributed by atoms with E-state index in [1.165, 1.54) is 16.7 Å². The van der Waals surface area contributed by atoms with E-state index in [1.807, 2.05) is 0 Å². The molecule has 244 valence electrons. The van der Waals surface area contributed by atoms with E-state index >= 15 is 0 Å². The molecule has 3 N–H and O–H groups in total. The van der Waals surface area contributed by atoms with Crippen molar-refractivity contribution < 1.29 is 40.7 Å². The summed E-state index contributed by atoms with van der Waals surface area (Å²) in [7, 11) is 1.62. The average molecular weight is 661 g/mol. The first-order chi connectivity index (χ1) is 21.3. The van der Waals surface area contributed by atoms with Crippen LogP contribution in [-0.4, -0.2) is 58.3 Å². The molecule has 2 aliphatic rings. The number of nitrogens with zero attached hydrogens (tertiary/aromatic N) is 3. The summed E-state index contributed by atoms with van der Waals surface area (Å²) in [6, 6.07) is 5.75. The lowest BCUT2D eigenvalue weighted by atomic mass is 9.86. The van der Waals surface area contributed by atoms with Gasteiger partial charge in [-0.25, -0.2) is 18.2 Å². The van der Waals surface area contributed by atoms with Crippen LogP contribution in [0.2, 0.25) is 5.02 Å². The molecule has 9 nitrogen and oxygen atoms in total. The van der Waals surface area contributed by atoms with Gasteiger partial charge in [0, 0.05) is 25.6 Å². The number of amides is 2. The topological polar surface area (TPSA) is 110 Å². The van der Waals surface area contributed by atoms with E-state index in [9.17, 15) is 35.9 Å². The lowest BCUT2D eigenvalue weighted by Crippen LogP contribution is -2.40. The quantitative estimate of drug-likeness (QED) is 0.211. The molecule has 0 aliphatic heterocycles. The van der Waals surface area contributed by atoms with Gasteiger partial charge >= 0.3 is 6.18 Å². The number of imidazole rings is 1. The summed E-state index contributed by atoms with van der Waals surface area (Å²) >= 11 is 6.37. The van der Waals surface area contributed by atoms with Gasteiger partial charge in [0.1, 0.15) is 29.8 Å². The Morgan fingerprint density at radius 1 is 1.13 bits per heavy atom. The molecular formula is C29H31ClF6N6O3. The van der Waals surface area contributed by atoms with Crippen molar-refractivity contribution in [1.29, 1.82) is 0 Å². The molecule has 2 fully saturated rings. The van der Waals surface area contributed by atoms with Crippen LogP contribution < -0.4 is 20.7 Å². The monoisotopic (exact) mass is 660 g/mol. The first kappa shape index (κ1) is 32.6. The number of rotatable bonds is 11. The predicted octanol–water partition coefficient (Wildman–Crippen LogP) is 6.23. The fraction of sp³-hybridized carbons (Fsp3) is 0.517. The molecule has 0 spiro atoms. The van der Waals surface area contributed by atoms with Crippen LogP contribution in [0.25, 0.3) is 11.2 Å². The number of carbonyl (C=O) groups excluding carboxylic acids is 2. The Hall–Kier alpha value is -3.75. The highest BCUT2D eigenvalue weighted by atomic mass is 35.5. The predicted molar refractivity (Wildman–Crippen MR) is 153 cm³/mol. The van der Waals surface area contributed by atoms with E-state index in [0.717, 1.165) is 0 Å². The van der Waals surface area contributed by atoms with Crippen LogP contribution in [0.4, 0.5) is 38.0 Å². The molecule has 2 amide bonds. The van der Waals surface area contributed by atoms with E-state index in [2.05, 4.69) is 25.9 Å². The fourth-order valence-electron chi connectivity index (χ4n) is 5.41. The number of nitrogens with one attached hydrogen (secondary N) is 3. The number of alkyl halides is 6. The first-order valence-electron chi connectivity index (χ1n) is 14.4. The molecule has 2 aliphatic carbocycles. The largest absolute Gasteiger partial charge is 0.474 e. The number of anilines is 2. The van der Waals surface area contributed by atoms with Crippen molar-refractivity contribution in [1.82, 2.24) is 25.2 Å². The van der Waals surface area contributed by atoms with Crippen LogP contribution in [0.1, 0.15) is 54.4 Å². The number of pyridine rings is 1. The summed E-state index contributed by atoms with van der Waals surface area (Å²) in [5.41, 5.74) is -0.961. The van der Waals surface area contributed by atoms with Gasteiger partial charge in [-0.2, -0.15) is 18.2 Å². The Balaban J connectivity index is 1.34. The van der Waals surface area contributed by atoms with Gasteiger partial charge in [-0.3, -0.25) is 14.2 Å². The van der Waals surface area contributed by atoms with Gasteiger partial charge in [-0.15, -0.1) is 0 Å². The molecule has 2 saturated carbocycles. The number of ether oxygens (including phenoxy) is 1. The highest BCUT2D eigenvalue weighted by Gasteiger charge is 2.68. The van der Waals surface area contributed by atoms with Crippen LogP contribution in [-0.2, 0) is 18.4 Å². The highest BCUT2D eigenvalue weighted by Crippen LogP contribution is 2.57. The maximum absolute atomic E-state index is 13.3. The van der Waals surface area contributed by atoms with E-state index in [1.54, 1.807) is 19.2 Å². The van der Waals surface area contributed by atoms with Crippen molar-refractivity contribution >= 4 is 46.2 Å². The van der Waals surface area contributed by atoms with Crippen LogP contribution in [0.15, 0.2) is 24.3 Å². The number of halogens is 7. The normalized spacial score (nSPS) is 19.4. The molecule has 0 radical (unpaired) electrons. The van der Waals surface area contributed by atoms with Crippen molar-refractivity contribution in [2.24, 2.45) is 18.4 Å². The number of hydrogen-bond donors (Lipinski definition) is 3. The van der Waals surface area contributed by atoms with Gasteiger partial charge in [0.25, 0.3) is 5.91 Å². The summed E-state index contributed by atoms with van der Waals surface area (Å²) in [5.74, 6) is -2.23. The minimum atomic E-state index is -4.62. The van der Waals surface area contributed by atoms with Gasteiger partial charge in [0.15, 0.2) is 5.65 Å². The second kappa shape index (κ2) is 12.9. The molecule has 45 heavy (non-hydrogen) atoms. The third-order valence-electron chi connectivity index (χ3n) is 8.29. The van der Waals surface area contributed by atoms with E-state index in [-0.39, 0.29) is 78.5 Å². The molecule has 2 aromatic heterocycles. The molecule has 2 heterocycles. The lowest BCUT2D eigenvalue weighted by Gasteiger charge is -2.28. The molecule has 16 heteroatoms. The van der Waals surface area contributed by atoms with Crippen molar-refractivity contribution in [2.45, 2.75) is 63.7 Å². The van der Waals surface area contributed by atoms with E-state index in [0.29, 0.717) is 24.1 Å². The Kier molecular flexibility index (Phi) is 9.38. The number of carbonyl (C=O) groups is 2. The molecule has 0 atom stereocenters. The molecule has 0 unspecified atom stereocenters. The molecule has 1 aromatic carbocycles. The number of benzene rings is 1. The number of hydrogen-bond acceptors (Lipinski definition) is 6. The number of fused-ring (bicyclic) bond motifs is 1. The van der Waals surface area contributed by atoms with Crippen molar-refractivity contribution in [3.8, 4) is 5.88 Å². The van der Waals surface area contributed by atoms with Gasteiger partial charge in [-0.1, -0.05) is 17.7 Å². The van der Waals surface area contributed by atoms with Crippen LogP contribution in [0.5, 0.6) is 5.88 Å². The van der Waals surface area contributed by atoms with Crippen LogP contribution >= 0.6 is 11.6 Å². The average Bonchev–Trinajstić information content (AvgIpc) is 3.77. The summed E-state index contributed by atoms with van der Waals surface area (Å²) in [4.78, 5) is 34.4. The maximum atomic E-state index is 13.3. The van der Waals surface area contributed by atoms with Gasteiger partial charge in [-0.05, 0) is 62.3 Å². The minimum Gasteiger partial charge on any atom is -0.474 e. The zero-order chi connectivity index (χ0) is 32.5. The fourth-order valence-corrected chi connectivity index (χ4v) is 5.57. The highest BCUT2D eigenvalue weighted by molar-refractivity contribution is 6.33. The van der Waals surface area contributed by atoms with E-state index < -0.39 is 42.4 Å². The second-order valence-corrected chi connectivity index (χ2v) is 11.7. The Labute approximate surface area is 259 Å². The molecule has 3 aromatic rings. The maximum Gasteiger partial charge on any atom is 0.403 e. The molecule has 0 saturated heterocycles. The zero-order valence-electron chi connectivity index (χ0n) is 24.1. The zero-order valence-corrected chi connectivity index (χ0v) is 24.9. The Morgan fingerprint density at radius 3 is 2.47 bits per heavy atom. The summed E-state index contributed by atoms with van der Waals surface area (Å²) in [6.07, 6.45) is -6.17. The van der Waals surface area contributed by atoms with Gasteiger partial charge < -0.3 is 20.7 Å².